The summed E-state index contributed by atoms with van der Waals surface area (Å²) in [7, 11) is 0. The van der Waals surface area contributed by atoms with Gasteiger partial charge < -0.3 is 15.8 Å². The molecule has 0 aromatic carbocycles. The van der Waals surface area contributed by atoms with E-state index in [9.17, 15) is 4.79 Å². The van der Waals surface area contributed by atoms with E-state index < -0.39 is 5.41 Å². The Morgan fingerprint density at radius 3 is 2.60 bits per heavy atom. The van der Waals surface area contributed by atoms with Crippen LogP contribution in [0.25, 0.3) is 0 Å². The highest BCUT2D eigenvalue weighted by atomic mass is 16.4. The van der Waals surface area contributed by atoms with Crippen molar-refractivity contribution in [2.24, 2.45) is 16.3 Å². The molecule has 1 atom stereocenters. The van der Waals surface area contributed by atoms with E-state index in [-0.39, 0.29) is 17.8 Å². The third-order valence-electron chi connectivity index (χ3n) is 3.10. The number of amidine groups is 1. The Kier molecular flexibility index (Phi) is 3.21. The number of hydrogen-bond acceptors (Lipinski definition) is 3. The second-order valence-corrected chi connectivity index (χ2v) is 4.60. The maximum absolute atomic E-state index is 12.1. The van der Waals surface area contributed by atoms with Crippen LogP contribution in [-0.2, 0) is 4.79 Å². The molecule has 15 heavy (non-hydrogen) atoms. The van der Waals surface area contributed by atoms with E-state index in [1.165, 1.54) is 0 Å². The molecule has 0 aliphatic carbocycles. The maximum atomic E-state index is 12.1. The zero-order valence-electron chi connectivity index (χ0n) is 9.53. The smallest absolute Gasteiger partial charge is 0.236 e. The van der Waals surface area contributed by atoms with Gasteiger partial charge in [-0.3, -0.25) is 4.79 Å². The minimum atomic E-state index is -0.923. The van der Waals surface area contributed by atoms with E-state index >= 15 is 0 Å². The van der Waals surface area contributed by atoms with Crippen molar-refractivity contribution in [1.82, 2.24) is 4.90 Å². The molecule has 3 N–H and O–H groups in total. The summed E-state index contributed by atoms with van der Waals surface area (Å²) in [6.45, 7) is 6.14. The summed E-state index contributed by atoms with van der Waals surface area (Å²) in [4.78, 5) is 13.9. The monoisotopic (exact) mass is 213 g/mol. The van der Waals surface area contributed by atoms with Crippen molar-refractivity contribution in [2.45, 2.75) is 39.7 Å². The van der Waals surface area contributed by atoms with E-state index in [2.05, 4.69) is 5.16 Å². The Labute approximate surface area is 89.9 Å². The molecule has 1 aliphatic heterocycles. The number of oxime groups is 1. The maximum Gasteiger partial charge on any atom is 0.236 e. The van der Waals surface area contributed by atoms with Crippen LogP contribution in [0.1, 0.15) is 33.6 Å². The Hall–Kier alpha value is -1.26. The summed E-state index contributed by atoms with van der Waals surface area (Å²) in [6, 6.07) is 0.253. The van der Waals surface area contributed by atoms with Crippen molar-refractivity contribution in [1.29, 1.82) is 0 Å². The Morgan fingerprint density at radius 1 is 1.60 bits per heavy atom. The van der Waals surface area contributed by atoms with Crippen LogP contribution < -0.4 is 5.73 Å². The number of likely N-dealkylation sites (tertiary alicyclic amines) is 1. The van der Waals surface area contributed by atoms with Gasteiger partial charge in [-0.25, -0.2) is 0 Å². The first-order chi connectivity index (χ1) is 6.91. The number of nitrogens with two attached hydrogens (primary N) is 1. The third-order valence-corrected chi connectivity index (χ3v) is 3.10. The molecular weight excluding hydrogens is 194 g/mol. The Morgan fingerprint density at radius 2 is 2.20 bits per heavy atom. The quantitative estimate of drug-likeness (QED) is 0.308. The van der Waals surface area contributed by atoms with Crippen LogP contribution in [-0.4, -0.2) is 34.4 Å². The molecule has 0 radical (unpaired) electrons. The van der Waals surface area contributed by atoms with Crippen molar-refractivity contribution in [3.8, 4) is 0 Å². The highest BCUT2D eigenvalue weighted by Gasteiger charge is 2.39. The van der Waals surface area contributed by atoms with E-state index in [4.69, 9.17) is 10.9 Å². The molecule has 0 bridgehead atoms. The van der Waals surface area contributed by atoms with Crippen molar-refractivity contribution in [2.75, 3.05) is 6.54 Å². The molecule has 1 unspecified atom stereocenters. The van der Waals surface area contributed by atoms with E-state index in [0.717, 1.165) is 19.4 Å². The van der Waals surface area contributed by atoms with Gasteiger partial charge in [0, 0.05) is 12.6 Å². The van der Waals surface area contributed by atoms with Crippen LogP contribution in [0.15, 0.2) is 5.16 Å². The van der Waals surface area contributed by atoms with Crippen LogP contribution in [0.4, 0.5) is 0 Å². The summed E-state index contributed by atoms with van der Waals surface area (Å²) in [6.07, 6.45) is 2.05. The third kappa shape index (κ3) is 2.06. The van der Waals surface area contributed by atoms with Crippen LogP contribution in [0.5, 0.6) is 0 Å². The lowest BCUT2D eigenvalue weighted by atomic mass is 9.90. The number of rotatable bonds is 2. The molecule has 0 spiro atoms. The van der Waals surface area contributed by atoms with E-state index in [1.54, 1.807) is 18.7 Å². The number of amides is 1. The van der Waals surface area contributed by atoms with Crippen LogP contribution >= 0.6 is 0 Å². The van der Waals surface area contributed by atoms with Gasteiger partial charge in [0.05, 0.1) is 0 Å². The standard InChI is InChI=1S/C10H19N3O2/c1-7-5-4-6-13(7)9(14)10(2,3)8(11)12-15/h7,15H,4-6H2,1-3H3,(H2,11,12). The fraction of sp³-hybridized carbons (Fsp3) is 0.800. The second kappa shape index (κ2) is 4.08. The number of nitrogens with zero attached hydrogens (tertiary/aromatic N) is 2. The van der Waals surface area contributed by atoms with Gasteiger partial charge in [0.1, 0.15) is 5.41 Å². The van der Waals surface area contributed by atoms with Crippen molar-refractivity contribution in [3.63, 3.8) is 0 Å². The Balaban J connectivity index is 2.84. The molecule has 0 aromatic rings. The summed E-state index contributed by atoms with van der Waals surface area (Å²) in [5.41, 5.74) is 4.59. The number of carbonyl (C=O) groups excluding carboxylic acids is 1. The number of carbonyl (C=O) groups is 1. The zero-order chi connectivity index (χ0) is 11.6. The minimum absolute atomic E-state index is 0.0356. The minimum Gasteiger partial charge on any atom is -0.409 e. The molecule has 5 heteroatoms. The summed E-state index contributed by atoms with van der Waals surface area (Å²) in [5, 5.41) is 11.5. The normalized spacial score (nSPS) is 23.3. The lowest BCUT2D eigenvalue weighted by Crippen LogP contribution is -2.49. The molecule has 1 fully saturated rings. The summed E-state index contributed by atoms with van der Waals surface area (Å²) in [5.74, 6) is -0.102. The molecule has 5 nitrogen and oxygen atoms in total. The first kappa shape index (κ1) is 11.8. The fourth-order valence-corrected chi connectivity index (χ4v) is 1.83. The van der Waals surface area contributed by atoms with Crippen molar-refractivity contribution >= 4 is 11.7 Å². The van der Waals surface area contributed by atoms with E-state index in [0.29, 0.717) is 0 Å². The van der Waals surface area contributed by atoms with Gasteiger partial charge >= 0.3 is 0 Å². The van der Waals surface area contributed by atoms with Gasteiger partial charge in [-0.2, -0.15) is 0 Å². The first-order valence-electron chi connectivity index (χ1n) is 5.20. The molecular formula is C10H19N3O2. The van der Waals surface area contributed by atoms with Gasteiger partial charge in [0.25, 0.3) is 0 Å². The highest BCUT2D eigenvalue weighted by molar-refractivity contribution is 6.06. The first-order valence-corrected chi connectivity index (χ1v) is 5.20. The molecule has 0 aromatic heterocycles. The van der Waals surface area contributed by atoms with Gasteiger partial charge in [-0.05, 0) is 33.6 Å². The average molecular weight is 213 g/mol. The average Bonchev–Trinajstić information content (AvgIpc) is 2.61. The van der Waals surface area contributed by atoms with E-state index in [1.807, 2.05) is 6.92 Å². The van der Waals surface area contributed by atoms with Gasteiger partial charge in [0.2, 0.25) is 5.91 Å². The summed E-state index contributed by atoms with van der Waals surface area (Å²) >= 11 is 0. The topological polar surface area (TPSA) is 78.9 Å². The predicted molar refractivity (Wildman–Crippen MR) is 57.6 cm³/mol. The summed E-state index contributed by atoms with van der Waals surface area (Å²) < 4.78 is 0. The lowest BCUT2D eigenvalue weighted by Gasteiger charge is -2.30. The van der Waals surface area contributed by atoms with Crippen molar-refractivity contribution < 1.29 is 10.0 Å². The molecule has 1 heterocycles. The second-order valence-electron chi connectivity index (χ2n) is 4.60. The highest BCUT2D eigenvalue weighted by Crippen LogP contribution is 2.25. The molecule has 1 rings (SSSR count). The van der Waals surface area contributed by atoms with Gasteiger partial charge in [-0.15, -0.1) is 0 Å². The molecule has 0 saturated carbocycles. The fourth-order valence-electron chi connectivity index (χ4n) is 1.83. The molecule has 1 amide bonds. The Bertz CT molecular complexity index is 286. The van der Waals surface area contributed by atoms with Crippen LogP contribution in [0.2, 0.25) is 0 Å². The molecule has 1 saturated heterocycles. The number of hydrogen-bond donors (Lipinski definition) is 2. The SMILES string of the molecule is CC1CCCN1C(=O)C(C)(C)C(N)=NO. The van der Waals surface area contributed by atoms with Gasteiger partial charge in [-0.1, -0.05) is 5.16 Å². The lowest BCUT2D eigenvalue weighted by molar-refractivity contribution is -0.137. The molecule has 1 aliphatic rings. The van der Waals surface area contributed by atoms with Crippen molar-refractivity contribution in [3.05, 3.63) is 0 Å². The predicted octanol–water partition coefficient (Wildman–Crippen LogP) is 0.770. The molecule has 86 valence electrons. The van der Waals surface area contributed by atoms with Gasteiger partial charge in [0.15, 0.2) is 5.84 Å². The largest absolute Gasteiger partial charge is 0.409 e. The van der Waals surface area contributed by atoms with Crippen LogP contribution in [0, 0.1) is 5.41 Å². The zero-order valence-corrected chi connectivity index (χ0v) is 9.53. The van der Waals surface area contributed by atoms with Crippen LogP contribution in [0.3, 0.4) is 0 Å².